The van der Waals surface area contributed by atoms with Crippen molar-refractivity contribution in [3.05, 3.63) is 48.4 Å². The molecular weight excluding hydrogens is 338 g/mol. The van der Waals surface area contributed by atoms with Gasteiger partial charge >= 0.3 is 0 Å². The number of fused-ring (bicyclic) bond motifs is 1. The topological polar surface area (TPSA) is 71.9 Å². The van der Waals surface area contributed by atoms with Crippen LogP contribution in [0.15, 0.2) is 36.9 Å². The van der Waals surface area contributed by atoms with E-state index in [1.54, 1.807) is 24.8 Å². The molecule has 1 saturated heterocycles. The maximum absolute atomic E-state index is 12.6. The zero-order valence-corrected chi connectivity index (χ0v) is 15.7. The van der Waals surface area contributed by atoms with Crippen molar-refractivity contribution in [2.24, 2.45) is 5.92 Å². The Morgan fingerprint density at radius 1 is 1.00 bits per heavy atom. The lowest BCUT2D eigenvalue weighted by atomic mass is 9.90. The molecule has 138 valence electrons. The first-order valence-electron chi connectivity index (χ1n) is 9.33. The minimum absolute atomic E-state index is 0.160. The van der Waals surface area contributed by atoms with Crippen LogP contribution in [0.3, 0.4) is 0 Å². The summed E-state index contributed by atoms with van der Waals surface area (Å²) in [6.07, 6.45) is 9.45. The van der Waals surface area contributed by atoms with Crippen molar-refractivity contribution >= 4 is 16.7 Å². The third-order valence-corrected chi connectivity index (χ3v) is 5.27. The Kier molecular flexibility index (Phi) is 4.90. The molecule has 0 aromatic carbocycles. The van der Waals surface area contributed by atoms with Crippen LogP contribution < -0.4 is 0 Å². The summed E-state index contributed by atoms with van der Waals surface area (Å²) in [5, 5.41) is 0.981. The number of pyridine rings is 2. The molecule has 0 radical (unpaired) electrons. The van der Waals surface area contributed by atoms with Gasteiger partial charge in [0.2, 0.25) is 0 Å². The molecule has 3 aromatic rings. The summed E-state index contributed by atoms with van der Waals surface area (Å²) in [5.41, 5.74) is 3.52. The quantitative estimate of drug-likeness (QED) is 0.711. The van der Waals surface area contributed by atoms with E-state index < -0.39 is 0 Å². The molecule has 0 saturated carbocycles. The van der Waals surface area contributed by atoms with Crippen LogP contribution in [0.2, 0.25) is 0 Å². The number of hydrogen-bond donors (Lipinski definition) is 0. The van der Waals surface area contributed by atoms with Crippen LogP contribution in [-0.4, -0.2) is 50.8 Å². The van der Waals surface area contributed by atoms with E-state index in [1.807, 2.05) is 13.0 Å². The van der Waals surface area contributed by atoms with Gasteiger partial charge in [-0.1, -0.05) is 0 Å². The second-order valence-corrected chi connectivity index (χ2v) is 7.33. The Labute approximate surface area is 158 Å². The van der Waals surface area contributed by atoms with Gasteiger partial charge < -0.3 is 4.90 Å². The standard InChI is InChI=1S/C21H23N5O/c1-14-22-11-18(12-23-14)17-7-16-8-19(24-13-20(16)25-10-17)9-21(27)15-3-5-26(2)6-4-15/h7-8,10-13,15H,3-6,9H2,1-2H3. The van der Waals surface area contributed by atoms with E-state index in [4.69, 9.17) is 0 Å². The van der Waals surface area contributed by atoms with E-state index in [-0.39, 0.29) is 5.92 Å². The van der Waals surface area contributed by atoms with Gasteiger partial charge in [0.25, 0.3) is 0 Å². The number of rotatable bonds is 4. The molecule has 6 heteroatoms. The Morgan fingerprint density at radius 2 is 1.70 bits per heavy atom. The molecule has 4 heterocycles. The van der Waals surface area contributed by atoms with Gasteiger partial charge in [-0.15, -0.1) is 0 Å². The lowest BCUT2D eigenvalue weighted by molar-refractivity contribution is -0.123. The van der Waals surface area contributed by atoms with Gasteiger partial charge in [-0.3, -0.25) is 14.8 Å². The van der Waals surface area contributed by atoms with Gasteiger partial charge in [0.15, 0.2) is 0 Å². The van der Waals surface area contributed by atoms with Crippen LogP contribution in [0.5, 0.6) is 0 Å². The van der Waals surface area contributed by atoms with Crippen molar-refractivity contribution in [3.63, 3.8) is 0 Å². The van der Waals surface area contributed by atoms with Gasteiger partial charge in [0.05, 0.1) is 11.7 Å². The highest BCUT2D eigenvalue weighted by molar-refractivity contribution is 5.86. The Morgan fingerprint density at radius 3 is 2.44 bits per heavy atom. The van der Waals surface area contributed by atoms with Gasteiger partial charge in [0.1, 0.15) is 11.6 Å². The van der Waals surface area contributed by atoms with Crippen molar-refractivity contribution in [1.29, 1.82) is 0 Å². The molecule has 0 atom stereocenters. The third kappa shape index (κ3) is 4.01. The number of hydrogen-bond acceptors (Lipinski definition) is 6. The molecule has 1 aliphatic rings. The van der Waals surface area contributed by atoms with Crippen molar-refractivity contribution in [2.75, 3.05) is 20.1 Å². The fraction of sp³-hybridized carbons (Fsp3) is 0.381. The maximum atomic E-state index is 12.6. The molecule has 27 heavy (non-hydrogen) atoms. The van der Waals surface area contributed by atoms with Crippen molar-refractivity contribution in [3.8, 4) is 11.1 Å². The van der Waals surface area contributed by atoms with E-state index in [0.29, 0.717) is 12.2 Å². The number of aryl methyl sites for hydroxylation is 1. The monoisotopic (exact) mass is 361 g/mol. The summed E-state index contributed by atoms with van der Waals surface area (Å²) in [7, 11) is 2.11. The average molecular weight is 361 g/mol. The summed E-state index contributed by atoms with van der Waals surface area (Å²) >= 11 is 0. The van der Waals surface area contributed by atoms with Crippen LogP contribution in [-0.2, 0) is 11.2 Å². The molecule has 0 unspecified atom stereocenters. The van der Waals surface area contributed by atoms with Gasteiger partial charge in [0, 0.05) is 53.1 Å². The summed E-state index contributed by atoms with van der Waals surface area (Å²) in [6.45, 7) is 3.85. The molecule has 0 amide bonds. The maximum Gasteiger partial charge on any atom is 0.142 e. The van der Waals surface area contributed by atoms with E-state index >= 15 is 0 Å². The highest BCUT2D eigenvalue weighted by Gasteiger charge is 2.23. The van der Waals surface area contributed by atoms with Gasteiger partial charge in [-0.05, 0) is 52.0 Å². The van der Waals surface area contributed by atoms with Crippen molar-refractivity contribution in [2.45, 2.75) is 26.2 Å². The third-order valence-electron chi connectivity index (χ3n) is 5.27. The molecule has 0 spiro atoms. The molecule has 0 N–H and O–H groups in total. The summed E-state index contributed by atoms with van der Waals surface area (Å²) in [4.78, 5) is 32.4. The molecule has 0 bridgehead atoms. The number of Topliss-reactive ketones (excluding diaryl/α,β-unsaturated/α-hetero) is 1. The smallest absolute Gasteiger partial charge is 0.142 e. The minimum Gasteiger partial charge on any atom is -0.306 e. The summed E-state index contributed by atoms with van der Waals surface area (Å²) in [6, 6.07) is 4.04. The lowest BCUT2D eigenvalue weighted by Crippen LogP contribution is -2.34. The van der Waals surface area contributed by atoms with Crippen molar-refractivity contribution < 1.29 is 4.79 Å². The van der Waals surface area contributed by atoms with E-state index in [2.05, 4.69) is 37.9 Å². The normalized spacial score (nSPS) is 15.9. The van der Waals surface area contributed by atoms with E-state index in [9.17, 15) is 4.79 Å². The number of nitrogens with zero attached hydrogens (tertiary/aromatic N) is 5. The van der Waals surface area contributed by atoms with Crippen LogP contribution in [0.25, 0.3) is 22.0 Å². The first-order chi connectivity index (χ1) is 13.1. The predicted molar refractivity (Wildman–Crippen MR) is 104 cm³/mol. The molecule has 6 nitrogen and oxygen atoms in total. The number of carbonyl (C=O) groups excluding carboxylic acids is 1. The number of piperidine rings is 1. The minimum atomic E-state index is 0.160. The predicted octanol–water partition coefficient (Wildman–Crippen LogP) is 2.85. The number of carbonyl (C=O) groups is 1. The highest BCUT2D eigenvalue weighted by Crippen LogP contribution is 2.23. The van der Waals surface area contributed by atoms with E-state index in [0.717, 1.165) is 59.5 Å². The van der Waals surface area contributed by atoms with Gasteiger partial charge in [-0.25, -0.2) is 9.97 Å². The van der Waals surface area contributed by atoms with Crippen LogP contribution in [0.4, 0.5) is 0 Å². The molecule has 0 aliphatic carbocycles. The number of ketones is 1. The second-order valence-electron chi connectivity index (χ2n) is 7.33. The van der Waals surface area contributed by atoms with Crippen LogP contribution in [0.1, 0.15) is 24.4 Å². The fourth-order valence-corrected chi connectivity index (χ4v) is 3.53. The zero-order valence-electron chi connectivity index (χ0n) is 15.7. The van der Waals surface area contributed by atoms with Crippen molar-refractivity contribution in [1.82, 2.24) is 24.8 Å². The lowest BCUT2D eigenvalue weighted by Gasteiger charge is -2.27. The number of likely N-dealkylation sites (tertiary alicyclic amines) is 1. The molecule has 1 aliphatic heterocycles. The highest BCUT2D eigenvalue weighted by atomic mass is 16.1. The number of aromatic nitrogens is 4. The average Bonchev–Trinajstić information content (AvgIpc) is 2.68. The van der Waals surface area contributed by atoms with Crippen LogP contribution in [0, 0.1) is 12.8 Å². The first-order valence-corrected chi connectivity index (χ1v) is 9.33. The largest absolute Gasteiger partial charge is 0.306 e. The van der Waals surface area contributed by atoms with Gasteiger partial charge in [-0.2, -0.15) is 0 Å². The molecule has 4 rings (SSSR count). The summed E-state index contributed by atoms with van der Waals surface area (Å²) in [5.74, 6) is 1.20. The molecular formula is C21H23N5O. The summed E-state index contributed by atoms with van der Waals surface area (Å²) < 4.78 is 0. The SMILES string of the molecule is Cc1ncc(-c2cnc3cnc(CC(=O)C4CCN(C)CC4)cc3c2)cn1. The Bertz CT molecular complexity index is 962. The molecule has 1 fully saturated rings. The second kappa shape index (κ2) is 7.48. The van der Waals surface area contributed by atoms with E-state index in [1.165, 1.54) is 0 Å². The first kappa shape index (κ1) is 17.7. The molecule has 3 aromatic heterocycles. The Hall–Kier alpha value is -2.73. The zero-order chi connectivity index (χ0) is 18.8. The Balaban J connectivity index is 1.55. The van der Waals surface area contributed by atoms with Crippen LogP contribution >= 0.6 is 0 Å². The fourth-order valence-electron chi connectivity index (χ4n) is 3.53.